The van der Waals surface area contributed by atoms with Crippen LogP contribution in [-0.4, -0.2) is 0 Å². The van der Waals surface area contributed by atoms with Crippen LogP contribution in [0.3, 0.4) is 0 Å². The predicted molar refractivity (Wildman–Crippen MR) is 298 cm³/mol. The molecule has 0 spiro atoms. The third-order valence-electron chi connectivity index (χ3n) is 16.3. The van der Waals surface area contributed by atoms with Gasteiger partial charge in [0.15, 0.2) is 0 Å². The van der Waals surface area contributed by atoms with Crippen molar-refractivity contribution in [3.63, 3.8) is 0 Å². The van der Waals surface area contributed by atoms with Crippen molar-refractivity contribution in [1.29, 1.82) is 0 Å². The summed E-state index contributed by atoms with van der Waals surface area (Å²) in [4.78, 5) is 0. The van der Waals surface area contributed by atoms with E-state index in [2.05, 4.69) is 258 Å². The van der Waals surface area contributed by atoms with Crippen LogP contribution in [0.4, 0.5) is 0 Å². The Bertz CT molecular complexity index is 3790. The third-order valence-corrected chi connectivity index (χ3v) is 16.3. The molecule has 0 atom stereocenters. The summed E-state index contributed by atoms with van der Waals surface area (Å²) in [6, 6.07) is 86.9. The smallest absolute Gasteiger partial charge is 0.0159 e. The van der Waals surface area contributed by atoms with E-state index in [0.29, 0.717) is 0 Å². The molecule has 2 aliphatic rings. The summed E-state index contributed by atoms with van der Waals surface area (Å²) in [6.45, 7) is 9.45. The highest BCUT2D eigenvalue weighted by Crippen LogP contribution is 2.55. The second-order valence-corrected chi connectivity index (χ2v) is 20.7. The lowest BCUT2D eigenvalue weighted by molar-refractivity contribution is 0.660. The number of fused-ring (bicyclic) bond motifs is 6. The lowest BCUT2D eigenvalue weighted by Crippen LogP contribution is -2.14. The number of rotatable bonds is 6. The number of hydrogen-bond acceptors (Lipinski definition) is 0. The van der Waals surface area contributed by atoms with Crippen molar-refractivity contribution in [3.05, 3.63) is 253 Å². The molecule has 0 unspecified atom stereocenters. The van der Waals surface area contributed by atoms with E-state index < -0.39 is 0 Å². The first-order valence-corrected chi connectivity index (χ1v) is 24.8. The second-order valence-electron chi connectivity index (χ2n) is 20.7. The highest BCUT2D eigenvalue weighted by molar-refractivity contribution is 6.32. The molecule has 70 heavy (non-hydrogen) atoms. The number of benzene rings is 12. The van der Waals surface area contributed by atoms with Crippen LogP contribution in [0.5, 0.6) is 0 Å². The zero-order valence-electron chi connectivity index (χ0n) is 39.9. The molecule has 0 amide bonds. The Balaban J connectivity index is 0.968. The van der Waals surface area contributed by atoms with Crippen LogP contribution in [0.1, 0.15) is 49.9 Å². The fourth-order valence-electron chi connectivity index (χ4n) is 12.8. The van der Waals surface area contributed by atoms with Crippen molar-refractivity contribution >= 4 is 32.3 Å². The van der Waals surface area contributed by atoms with Gasteiger partial charge in [-0.05, 0) is 156 Å². The average molecular weight is 891 g/mol. The fraction of sp³-hybridized carbons (Fsp3) is 0.0857. The third kappa shape index (κ3) is 5.83. The molecule has 0 saturated heterocycles. The molecule has 0 aliphatic heterocycles. The molecule has 0 heteroatoms. The maximum absolute atomic E-state index is 2.45. The van der Waals surface area contributed by atoms with Crippen LogP contribution in [0, 0.1) is 0 Å². The van der Waals surface area contributed by atoms with Gasteiger partial charge in [-0.1, -0.05) is 246 Å². The molecule has 2 aliphatic carbocycles. The van der Waals surface area contributed by atoms with Crippen LogP contribution in [0.15, 0.2) is 231 Å². The maximum Gasteiger partial charge on any atom is 0.0159 e. The standard InChI is InChI=1S/C70H50/c1-69(2)61-25-13-11-21-55(61)65-49(23-15-27-63(65)69)45-29-33-47(34-30-45)59-41-57(43-17-7-5-8-18-43)51-38-40-54-60(42-58(44-19-9-6-10-20-44)52-37-39-53(59)67(51)68(52)54)48-35-31-46(32-36-48)50-24-16-28-64-66(50)56-22-12-14-26-62(56)70(64,3)4/h5-42H,1-4H3. The van der Waals surface area contributed by atoms with Crippen molar-refractivity contribution < 1.29 is 0 Å². The van der Waals surface area contributed by atoms with Gasteiger partial charge >= 0.3 is 0 Å². The van der Waals surface area contributed by atoms with Crippen LogP contribution in [0.25, 0.3) is 121 Å². The Kier molecular flexibility index (Phi) is 8.78. The van der Waals surface area contributed by atoms with E-state index in [9.17, 15) is 0 Å². The summed E-state index contributed by atoms with van der Waals surface area (Å²) in [5, 5.41) is 7.70. The first-order chi connectivity index (χ1) is 34.3. The van der Waals surface area contributed by atoms with Crippen LogP contribution in [-0.2, 0) is 10.8 Å². The zero-order valence-corrected chi connectivity index (χ0v) is 39.9. The molecule has 330 valence electrons. The van der Waals surface area contributed by atoms with Gasteiger partial charge in [-0.3, -0.25) is 0 Å². The normalized spacial score (nSPS) is 13.9. The Morgan fingerprint density at radius 3 is 0.843 bits per heavy atom. The summed E-state index contributed by atoms with van der Waals surface area (Å²) >= 11 is 0. The highest BCUT2D eigenvalue weighted by Gasteiger charge is 2.38. The van der Waals surface area contributed by atoms with Crippen LogP contribution >= 0.6 is 0 Å². The minimum absolute atomic E-state index is 0.0471. The Hall–Kier alpha value is -8.32. The van der Waals surface area contributed by atoms with Gasteiger partial charge in [-0.25, -0.2) is 0 Å². The van der Waals surface area contributed by atoms with Gasteiger partial charge in [0.25, 0.3) is 0 Å². The average Bonchev–Trinajstić information content (AvgIpc) is 3.80. The van der Waals surface area contributed by atoms with Gasteiger partial charge in [-0.15, -0.1) is 0 Å². The molecule has 0 fully saturated rings. The van der Waals surface area contributed by atoms with Gasteiger partial charge in [0.1, 0.15) is 0 Å². The minimum atomic E-state index is -0.0471. The molecule has 14 rings (SSSR count). The van der Waals surface area contributed by atoms with Crippen molar-refractivity contribution in [2.75, 3.05) is 0 Å². The van der Waals surface area contributed by atoms with Gasteiger partial charge in [0.2, 0.25) is 0 Å². The highest BCUT2D eigenvalue weighted by atomic mass is 14.4. The predicted octanol–water partition coefficient (Wildman–Crippen LogP) is 19.2. The van der Waals surface area contributed by atoms with Gasteiger partial charge in [-0.2, -0.15) is 0 Å². The topological polar surface area (TPSA) is 0 Å². The summed E-state index contributed by atoms with van der Waals surface area (Å²) in [6.07, 6.45) is 0. The van der Waals surface area contributed by atoms with E-state index in [1.54, 1.807) is 0 Å². The summed E-state index contributed by atoms with van der Waals surface area (Å²) in [5.41, 5.74) is 25.8. The van der Waals surface area contributed by atoms with E-state index in [1.807, 2.05) is 0 Å². The first-order valence-electron chi connectivity index (χ1n) is 24.8. The summed E-state index contributed by atoms with van der Waals surface area (Å²) in [7, 11) is 0. The lowest BCUT2D eigenvalue weighted by atomic mass is 9.81. The van der Waals surface area contributed by atoms with Crippen molar-refractivity contribution in [1.82, 2.24) is 0 Å². The van der Waals surface area contributed by atoms with E-state index in [-0.39, 0.29) is 10.8 Å². The molecule has 12 aromatic carbocycles. The molecule has 0 aromatic heterocycles. The van der Waals surface area contributed by atoms with E-state index in [0.717, 1.165) is 0 Å². The van der Waals surface area contributed by atoms with Crippen LogP contribution in [0.2, 0.25) is 0 Å². The molecule has 0 N–H and O–H groups in total. The molecule has 0 radical (unpaired) electrons. The van der Waals surface area contributed by atoms with Crippen molar-refractivity contribution in [3.8, 4) is 89.0 Å². The zero-order chi connectivity index (χ0) is 46.9. The molecule has 12 aromatic rings. The van der Waals surface area contributed by atoms with Gasteiger partial charge in [0, 0.05) is 10.8 Å². The second kappa shape index (κ2) is 15.1. The maximum atomic E-state index is 2.45. The SMILES string of the molecule is CC1(C)c2ccccc2-c2c(-c3ccc(-c4cc(-c5ccccc5)c5ccc6c(-c7ccc(-c8cccc9c8-c8ccccc8C9(C)C)cc7)cc(-c7ccccc7)c7ccc4c5c76)cc3)cccc21. The monoisotopic (exact) mass is 890 g/mol. The Morgan fingerprint density at radius 2 is 0.486 bits per heavy atom. The van der Waals surface area contributed by atoms with E-state index >= 15 is 0 Å². The molecule has 0 bridgehead atoms. The Morgan fingerprint density at radius 1 is 0.214 bits per heavy atom. The van der Waals surface area contributed by atoms with Crippen molar-refractivity contribution in [2.24, 2.45) is 0 Å². The van der Waals surface area contributed by atoms with E-state index in [1.165, 1.54) is 144 Å². The molecule has 0 nitrogen and oxygen atoms in total. The quantitative estimate of drug-likeness (QED) is 0.146. The summed E-state index contributed by atoms with van der Waals surface area (Å²) in [5.74, 6) is 0. The Labute approximate surface area is 410 Å². The van der Waals surface area contributed by atoms with Crippen molar-refractivity contribution in [2.45, 2.75) is 38.5 Å². The molecule has 0 heterocycles. The van der Waals surface area contributed by atoms with Gasteiger partial charge in [0.05, 0.1) is 0 Å². The van der Waals surface area contributed by atoms with E-state index in [4.69, 9.17) is 0 Å². The molecular formula is C70H50. The number of hydrogen-bond donors (Lipinski definition) is 0. The van der Waals surface area contributed by atoms with Gasteiger partial charge < -0.3 is 0 Å². The molecule has 0 saturated carbocycles. The lowest BCUT2D eigenvalue weighted by Gasteiger charge is -2.22. The largest absolute Gasteiger partial charge is 0.0622 e. The van der Waals surface area contributed by atoms with Crippen LogP contribution < -0.4 is 0 Å². The first kappa shape index (κ1) is 40.7. The fourth-order valence-corrected chi connectivity index (χ4v) is 12.8. The molecular weight excluding hydrogens is 841 g/mol. The summed E-state index contributed by atoms with van der Waals surface area (Å²) < 4.78 is 0. The minimum Gasteiger partial charge on any atom is -0.0622 e.